The first-order valence-electron chi connectivity index (χ1n) is 5.28. The molecule has 0 fully saturated rings. The minimum Gasteiger partial charge on any atom is -0.386 e. The van der Waals surface area contributed by atoms with E-state index < -0.39 is 0 Å². The summed E-state index contributed by atoms with van der Waals surface area (Å²) >= 11 is 3.58. The first kappa shape index (κ1) is 9.28. The summed E-state index contributed by atoms with van der Waals surface area (Å²) in [6.45, 7) is 1.15. The van der Waals surface area contributed by atoms with Gasteiger partial charge < -0.3 is 9.88 Å². The maximum atomic E-state index is 3.58. The number of rotatable bonds is 1. The summed E-state index contributed by atoms with van der Waals surface area (Å²) in [6.07, 6.45) is 4.67. The van der Waals surface area contributed by atoms with Gasteiger partial charge in [-0.25, -0.2) is 0 Å². The maximum Gasteiger partial charge on any atom is 0.0598 e. The fourth-order valence-electron chi connectivity index (χ4n) is 2.50. The monoisotopic (exact) mass is 264 g/mol. The highest BCUT2D eigenvalue weighted by molar-refractivity contribution is 9.10. The van der Waals surface area contributed by atoms with Gasteiger partial charge in [-0.3, -0.25) is 0 Å². The van der Waals surface area contributed by atoms with Gasteiger partial charge in [0.1, 0.15) is 0 Å². The molecule has 0 spiro atoms. The molecule has 1 aliphatic rings. The number of benzene rings is 1. The molecule has 3 rings (SSSR count). The second-order valence-corrected chi connectivity index (χ2v) is 4.97. The molecule has 0 bridgehead atoms. The van der Waals surface area contributed by atoms with Crippen molar-refractivity contribution in [2.75, 3.05) is 12.4 Å². The van der Waals surface area contributed by atoms with Gasteiger partial charge in [0, 0.05) is 29.6 Å². The van der Waals surface area contributed by atoms with Crippen LogP contribution in [0.4, 0.5) is 5.69 Å². The molecule has 1 aliphatic heterocycles. The number of halogens is 1. The van der Waals surface area contributed by atoms with Crippen LogP contribution in [0.5, 0.6) is 0 Å². The first-order chi connectivity index (χ1) is 7.29. The normalized spacial score (nSPS) is 14.5. The molecular formula is C12H13BrN2. The minimum absolute atomic E-state index is 1.15. The minimum atomic E-state index is 1.15. The van der Waals surface area contributed by atoms with Crippen molar-refractivity contribution in [1.82, 2.24) is 4.57 Å². The Morgan fingerprint density at radius 2 is 2.27 bits per heavy atom. The summed E-state index contributed by atoms with van der Waals surface area (Å²) in [5.41, 5.74) is 4.11. The molecule has 2 heterocycles. The number of nitrogens with zero attached hydrogens (tertiary/aromatic N) is 1. The number of hydrogen-bond acceptors (Lipinski definition) is 1. The van der Waals surface area contributed by atoms with E-state index in [1.807, 2.05) is 7.05 Å². The number of anilines is 1. The molecule has 2 nitrogen and oxygen atoms in total. The van der Waals surface area contributed by atoms with Crippen LogP contribution in [0.2, 0.25) is 0 Å². The molecule has 2 aromatic rings. The third-order valence-corrected chi connectivity index (χ3v) is 3.59. The van der Waals surface area contributed by atoms with Crippen LogP contribution in [0.3, 0.4) is 0 Å². The topological polar surface area (TPSA) is 17.0 Å². The Kier molecular flexibility index (Phi) is 2.02. The van der Waals surface area contributed by atoms with Gasteiger partial charge in [-0.2, -0.15) is 0 Å². The average molecular weight is 265 g/mol. The van der Waals surface area contributed by atoms with E-state index in [0.717, 1.165) is 6.54 Å². The highest BCUT2D eigenvalue weighted by Gasteiger charge is 2.16. The van der Waals surface area contributed by atoms with E-state index in [-0.39, 0.29) is 0 Å². The third kappa shape index (κ3) is 1.29. The Morgan fingerprint density at radius 1 is 1.40 bits per heavy atom. The van der Waals surface area contributed by atoms with Crippen molar-refractivity contribution >= 4 is 32.5 Å². The van der Waals surface area contributed by atoms with Crippen molar-refractivity contribution in [2.24, 2.45) is 0 Å². The van der Waals surface area contributed by atoms with Crippen LogP contribution in [0.25, 0.3) is 10.9 Å². The van der Waals surface area contributed by atoms with Gasteiger partial charge in [-0.15, -0.1) is 0 Å². The van der Waals surface area contributed by atoms with Crippen LogP contribution in [-0.2, 0) is 13.0 Å². The van der Waals surface area contributed by atoms with Gasteiger partial charge in [-0.05, 0) is 30.5 Å². The van der Waals surface area contributed by atoms with Crippen LogP contribution < -0.4 is 5.32 Å². The summed E-state index contributed by atoms with van der Waals surface area (Å²) in [5.74, 6) is 0. The summed E-state index contributed by atoms with van der Waals surface area (Å²) < 4.78 is 3.55. The Labute approximate surface area is 97.4 Å². The highest BCUT2D eigenvalue weighted by Crippen LogP contribution is 2.34. The fraction of sp³-hybridized carbons (Fsp3) is 0.333. The van der Waals surface area contributed by atoms with Crippen LogP contribution in [-0.4, -0.2) is 11.6 Å². The Hall–Kier alpha value is -0.960. The van der Waals surface area contributed by atoms with E-state index in [4.69, 9.17) is 0 Å². The zero-order chi connectivity index (χ0) is 10.4. The number of nitrogens with one attached hydrogen (secondary N) is 1. The van der Waals surface area contributed by atoms with Crippen molar-refractivity contribution < 1.29 is 0 Å². The Bertz CT molecular complexity index is 528. The zero-order valence-electron chi connectivity index (χ0n) is 8.68. The molecule has 0 saturated heterocycles. The summed E-state index contributed by atoms with van der Waals surface area (Å²) in [7, 11) is 1.98. The van der Waals surface area contributed by atoms with Crippen molar-refractivity contribution in [3.63, 3.8) is 0 Å². The van der Waals surface area contributed by atoms with Crippen molar-refractivity contribution in [1.29, 1.82) is 0 Å². The van der Waals surface area contributed by atoms with Crippen LogP contribution in [0.15, 0.2) is 22.8 Å². The molecule has 0 amide bonds. The molecule has 0 atom stereocenters. The number of aryl methyl sites for hydroxylation is 2. The predicted octanol–water partition coefficient (Wildman–Crippen LogP) is 3.39. The third-order valence-electron chi connectivity index (χ3n) is 3.13. The quantitative estimate of drug-likeness (QED) is 0.836. The molecule has 0 unspecified atom stereocenters. The van der Waals surface area contributed by atoms with E-state index in [2.05, 4.69) is 44.1 Å². The lowest BCUT2D eigenvalue weighted by molar-refractivity contribution is 0.636. The van der Waals surface area contributed by atoms with E-state index in [1.54, 1.807) is 0 Å². The lowest BCUT2D eigenvalue weighted by Crippen LogP contribution is -2.06. The van der Waals surface area contributed by atoms with E-state index in [1.165, 1.54) is 39.5 Å². The lowest BCUT2D eigenvalue weighted by atomic mass is 10.0. The van der Waals surface area contributed by atoms with Crippen molar-refractivity contribution in [3.05, 3.63) is 28.4 Å². The van der Waals surface area contributed by atoms with E-state index >= 15 is 0 Å². The van der Waals surface area contributed by atoms with Gasteiger partial charge >= 0.3 is 0 Å². The van der Waals surface area contributed by atoms with Gasteiger partial charge in [-0.1, -0.05) is 15.9 Å². The van der Waals surface area contributed by atoms with Gasteiger partial charge in [0.2, 0.25) is 0 Å². The number of hydrogen-bond donors (Lipinski definition) is 1. The molecule has 15 heavy (non-hydrogen) atoms. The summed E-state index contributed by atoms with van der Waals surface area (Å²) in [4.78, 5) is 0. The first-order valence-corrected chi connectivity index (χ1v) is 6.08. The SMILES string of the molecule is CNc1cn2c3c(cc(Br)cc13)CCC2. The highest BCUT2D eigenvalue weighted by atomic mass is 79.9. The van der Waals surface area contributed by atoms with E-state index in [9.17, 15) is 0 Å². The van der Waals surface area contributed by atoms with Gasteiger partial charge in [0.05, 0.1) is 11.2 Å². The summed E-state index contributed by atoms with van der Waals surface area (Å²) in [6, 6.07) is 4.45. The van der Waals surface area contributed by atoms with Crippen LogP contribution in [0, 0.1) is 0 Å². The second-order valence-electron chi connectivity index (χ2n) is 4.05. The van der Waals surface area contributed by atoms with Gasteiger partial charge in [0.15, 0.2) is 0 Å². The smallest absolute Gasteiger partial charge is 0.0598 e. The predicted molar refractivity (Wildman–Crippen MR) is 67.5 cm³/mol. The Balaban J connectivity index is 2.43. The largest absolute Gasteiger partial charge is 0.386 e. The molecule has 1 N–H and O–H groups in total. The lowest BCUT2D eigenvalue weighted by Gasteiger charge is -2.15. The zero-order valence-corrected chi connectivity index (χ0v) is 10.3. The molecular weight excluding hydrogens is 252 g/mol. The molecule has 0 aliphatic carbocycles. The summed E-state index contributed by atoms with van der Waals surface area (Å²) in [5, 5.41) is 4.60. The van der Waals surface area contributed by atoms with Crippen molar-refractivity contribution in [2.45, 2.75) is 19.4 Å². The molecule has 3 heteroatoms. The fourth-order valence-corrected chi connectivity index (χ4v) is 3.00. The molecule has 1 aromatic carbocycles. The van der Waals surface area contributed by atoms with E-state index in [0.29, 0.717) is 0 Å². The molecule has 1 aromatic heterocycles. The molecule has 0 radical (unpaired) electrons. The molecule has 0 saturated carbocycles. The standard InChI is InChI=1S/C12H13BrN2/c1-14-11-7-15-4-2-3-8-5-9(13)6-10(11)12(8)15/h5-7,14H,2-4H2,1H3. The maximum absolute atomic E-state index is 3.58. The number of aromatic nitrogens is 1. The van der Waals surface area contributed by atoms with Gasteiger partial charge in [0.25, 0.3) is 0 Å². The Morgan fingerprint density at radius 3 is 3.07 bits per heavy atom. The van der Waals surface area contributed by atoms with Crippen LogP contribution in [0.1, 0.15) is 12.0 Å². The second kappa shape index (κ2) is 3.27. The van der Waals surface area contributed by atoms with Crippen LogP contribution >= 0.6 is 15.9 Å². The average Bonchev–Trinajstić information content (AvgIpc) is 2.58. The van der Waals surface area contributed by atoms with Crippen molar-refractivity contribution in [3.8, 4) is 0 Å². The molecule has 78 valence electrons.